The third-order valence-electron chi connectivity index (χ3n) is 3.48. The molecule has 1 aromatic carbocycles. The lowest BCUT2D eigenvalue weighted by atomic mass is 10.1. The molecule has 1 aromatic heterocycles. The highest BCUT2D eigenvalue weighted by Crippen LogP contribution is 2.38. The Morgan fingerprint density at radius 1 is 1.24 bits per heavy atom. The topological polar surface area (TPSA) is 29.5 Å². The van der Waals surface area contributed by atoms with Crippen LogP contribution >= 0.6 is 23.1 Å². The summed E-state index contributed by atoms with van der Waals surface area (Å²) in [5, 5.41) is 10.3. The first kappa shape index (κ1) is 14.8. The molecule has 2 aromatic rings. The van der Waals surface area contributed by atoms with E-state index in [-0.39, 0.29) is 11.3 Å². The van der Waals surface area contributed by atoms with Gasteiger partial charge in [-0.3, -0.25) is 0 Å². The third-order valence-corrected chi connectivity index (χ3v) is 5.78. The smallest absolute Gasteiger partial charge is 0.136 e. The highest BCUT2D eigenvalue weighted by atomic mass is 32.2. The average Bonchev–Trinajstić information content (AvgIpc) is 2.90. The molecule has 21 heavy (non-hydrogen) atoms. The molecule has 1 N–H and O–H groups in total. The predicted molar refractivity (Wildman–Crippen MR) is 81.2 cm³/mol. The molecule has 0 saturated heterocycles. The van der Waals surface area contributed by atoms with Gasteiger partial charge in [0.2, 0.25) is 0 Å². The lowest BCUT2D eigenvalue weighted by Gasteiger charge is -2.12. The molecule has 1 aliphatic rings. The van der Waals surface area contributed by atoms with Gasteiger partial charge in [-0.1, -0.05) is 0 Å². The second-order valence-corrected chi connectivity index (χ2v) is 7.08. The first-order chi connectivity index (χ1) is 10.1. The van der Waals surface area contributed by atoms with E-state index >= 15 is 0 Å². The van der Waals surface area contributed by atoms with Gasteiger partial charge in [-0.25, -0.2) is 8.78 Å². The van der Waals surface area contributed by atoms with Crippen molar-refractivity contribution in [1.82, 2.24) is 0 Å². The van der Waals surface area contributed by atoms with Gasteiger partial charge in [0, 0.05) is 27.6 Å². The van der Waals surface area contributed by atoms with Crippen LogP contribution in [0.5, 0.6) is 5.75 Å². The zero-order valence-corrected chi connectivity index (χ0v) is 13.0. The second kappa shape index (κ2) is 5.94. The Morgan fingerprint density at radius 3 is 2.57 bits per heavy atom. The number of fused-ring (bicyclic) bond motifs is 1. The van der Waals surface area contributed by atoms with E-state index in [1.165, 1.54) is 28.9 Å². The van der Waals surface area contributed by atoms with E-state index in [4.69, 9.17) is 4.74 Å². The van der Waals surface area contributed by atoms with Gasteiger partial charge in [-0.15, -0.1) is 11.3 Å². The fraction of sp³-hybridized carbons (Fsp3) is 0.333. The quantitative estimate of drug-likeness (QED) is 0.926. The summed E-state index contributed by atoms with van der Waals surface area (Å²) in [6, 6.07) is 4.04. The molecule has 6 heteroatoms. The molecule has 1 atom stereocenters. The number of ether oxygens (including phenoxy) is 1. The van der Waals surface area contributed by atoms with Gasteiger partial charge in [0.25, 0.3) is 0 Å². The third kappa shape index (κ3) is 2.80. The molecule has 0 radical (unpaired) electrons. The number of benzene rings is 1. The number of aliphatic hydroxyl groups is 1. The Morgan fingerprint density at radius 2 is 1.95 bits per heavy atom. The highest BCUT2D eigenvalue weighted by Gasteiger charge is 2.24. The van der Waals surface area contributed by atoms with Crippen LogP contribution in [0, 0.1) is 11.6 Å². The molecule has 0 bridgehead atoms. The fourth-order valence-corrected chi connectivity index (χ4v) is 4.76. The Kier molecular flexibility index (Phi) is 4.19. The van der Waals surface area contributed by atoms with Crippen LogP contribution in [-0.4, -0.2) is 18.0 Å². The van der Waals surface area contributed by atoms with E-state index in [9.17, 15) is 13.9 Å². The monoisotopic (exact) mass is 328 g/mol. The van der Waals surface area contributed by atoms with Gasteiger partial charge in [0.1, 0.15) is 23.5 Å². The van der Waals surface area contributed by atoms with Crippen LogP contribution in [0.1, 0.15) is 27.0 Å². The number of thioether (sulfide) groups is 1. The summed E-state index contributed by atoms with van der Waals surface area (Å²) in [6.45, 7) is 0. The van der Waals surface area contributed by atoms with Crippen molar-refractivity contribution in [1.29, 1.82) is 0 Å². The maximum Gasteiger partial charge on any atom is 0.136 e. The number of hydrogen-bond donors (Lipinski definition) is 1. The van der Waals surface area contributed by atoms with Crippen molar-refractivity contribution in [3.05, 3.63) is 50.7 Å². The number of aliphatic hydroxyl groups excluding tert-OH is 1. The lowest BCUT2D eigenvalue weighted by molar-refractivity contribution is 0.212. The van der Waals surface area contributed by atoms with Crippen molar-refractivity contribution < 1.29 is 18.6 Å². The normalized spacial score (nSPS) is 15.6. The summed E-state index contributed by atoms with van der Waals surface area (Å²) in [5.41, 5.74) is 0.849. The molecule has 0 saturated carbocycles. The summed E-state index contributed by atoms with van der Waals surface area (Å²) in [6.07, 6.45) is -0.332. The minimum Gasteiger partial charge on any atom is -0.497 e. The number of hydrogen-bond acceptors (Lipinski definition) is 4. The first-order valence-corrected chi connectivity index (χ1v) is 8.47. The van der Waals surface area contributed by atoms with Crippen molar-refractivity contribution in [3.8, 4) is 5.75 Å². The standard InChI is InChI=1S/C15H14F2O2S2/c1-19-9-5-10(16)14(11(17)6-9)15(18)13-4-8-7-20-3-2-12(8)21-13/h4-6,15,18H,2-3,7H2,1H3. The Balaban J connectivity index is 1.98. The van der Waals surface area contributed by atoms with Gasteiger partial charge in [0.15, 0.2) is 0 Å². The van der Waals surface area contributed by atoms with Crippen LogP contribution in [0.25, 0.3) is 0 Å². The van der Waals surface area contributed by atoms with E-state index < -0.39 is 17.7 Å². The van der Waals surface area contributed by atoms with Crippen molar-refractivity contribution >= 4 is 23.1 Å². The van der Waals surface area contributed by atoms with Crippen molar-refractivity contribution in [3.63, 3.8) is 0 Å². The molecule has 3 rings (SSSR count). The van der Waals surface area contributed by atoms with Crippen LogP contribution in [-0.2, 0) is 12.2 Å². The molecule has 2 nitrogen and oxygen atoms in total. The van der Waals surface area contributed by atoms with E-state index in [1.807, 2.05) is 17.8 Å². The largest absolute Gasteiger partial charge is 0.497 e. The maximum atomic E-state index is 14.0. The average molecular weight is 328 g/mol. The molecular formula is C15H14F2O2S2. The van der Waals surface area contributed by atoms with Gasteiger partial charge >= 0.3 is 0 Å². The molecule has 0 spiro atoms. The summed E-state index contributed by atoms with van der Waals surface area (Å²) in [4.78, 5) is 1.79. The molecule has 1 unspecified atom stereocenters. The van der Waals surface area contributed by atoms with Crippen LogP contribution in [0.4, 0.5) is 8.78 Å². The maximum absolute atomic E-state index is 14.0. The van der Waals surface area contributed by atoms with Gasteiger partial charge in [-0.2, -0.15) is 11.8 Å². The SMILES string of the molecule is COc1cc(F)c(C(O)c2cc3c(s2)CCSC3)c(F)c1. The van der Waals surface area contributed by atoms with Crippen molar-refractivity contribution in [2.24, 2.45) is 0 Å². The van der Waals surface area contributed by atoms with Gasteiger partial charge in [-0.05, 0) is 23.8 Å². The lowest BCUT2D eigenvalue weighted by Crippen LogP contribution is -2.05. The Bertz CT molecular complexity index is 623. The molecule has 0 aliphatic carbocycles. The minimum atomic E-state index is -1.28. The van der Waals surface area contributed by atoms with Crippen molar-refractivity contribution in [2.45, 2.75) is 18.3 Å². The van der Waals surface area contributed by atoms with Crippen molar-refractivity contribution in [2.75, 3.05) is 12.9 Å². The number of thiophene rings is 1. The van der Waals surface area contributed by atoms with E-state index in [1.54, 1.807) is 0 Å². The van der Waals surface area contributed by atoms with E-state index in [2.05, 4.69) is 0 Å². The number of aryl methyl sites for hydroxylation is 1. The molecule has 0 amide bonds. The first-order valence-electron chi connectivity index (χ1n) is 6.50. The second-order valence-electron chi connectivity index (χ2n) is 4.81. The molecule has 1 aliphatic heterocycles. The molecular weight excluding hydrogens is 314 g/mol. The van der Waals surface area contributed by atoms with Crippen LogP contribution in [0.2, 0.25) is 0 Å². The minimum absolute atomic E-state index is 0.0998. The Hall–Kier alpha value is -1.11. The van der Waals surface area contributed by atoms with Crippen LogP contribution < -0.4 is 4.74 Å². The van der Waals surface area contributed by atoms with Crippen LogP contribution in [0.3, 0.4) is 0 Å². The summed E-state index contributed by atoms with van der Waals surface area (Å²) < 4.78 is 32.9. The number of methoxy groups -OCH3 is 1. The zero-order chi connectivity index (χ0) is 15.0. The van der Waals surface area contributed by atoms with Gasteiger partial charge in [0.05, 0.1) is 12.7 Å². The fourth-order valence-electron chi connectivity index (χ4n) is 2.39. The van der Waals surface area contributed by atoms with Gasteiger partial charge < -0.3 is 9.84 Å². The zero-order valence-electron chi connectivity index (χ0n) is 11.4. The molecule has 0 fully saturated rings. The number of rotatable bonds is 3. The molecule has 112 valence electrons. The van der Waals surface area contributed by atoms with E-state index in [0.717, 1.165) is 30.1 Å². The summed E-state index contributed by atoms with van der Waals surface area (Å²) in [5.74, 6) is 0.462. The number of halogens is 2. The highest BCUT2D eigenvalue weighted by molar-refractivity contribution is 7.98. The summed E-state index contributed by atoms with van der Waals surface area (Å²) >= 11 is 3.27. The molecule has 2 heterocycles. The Labute approximate surface area is 129 Å². The van der Waals surface area contributed by atoms with Crippen LogP contribution in [0.15, 0.2) is 18.2 Å². The predicted octanol–water partition coefficient (Wildman–Crippen LogP) is 3.91. The summed E-state index contributed by atoms with van der Waals surface area (Å²) in [7, 11) is 1.34. The van der Waals surface area contributed by atoms with E-state index in [0.29, 0.717) is 4.88 Å².